The highest BCUT2D eigenvalue weighted by atomic mass is 16.5. The molecule has 0 aliphatic rings. The first-order chi connectivity index (χ1) is 7.30. The molecule has 1 aromatic rings. The van der Waals surface area contributed by atoms with Crippen LogP contribution in [-0.2, 0) is 4.74 Å². The van der Waals surface area contributed by atoms with Crippen LogP contribution >= 0.6 is 0 Å². The Balaban J connectivity index is 2.68. The number of anilines is 1. The number of ether oxygens (including phenoxy) is 3. The minimum absolute atomic E-state index is 0.460. The number of rotatable bonds is 6. The smallest absolute Gasteiger partial charge is 0.229 e. The monoisotopic (exact) mass is 213 g/mol. The van der Waals surface area contributed by atoms with E-state index < -0.39 is 0 Å². The fraction of sp³-hybridized carbons (Fsp3) is 0.556. The minimum atomic E-state index is 0.460. The number of nitrogens with one attached hydrogen (secondary N) is 1. The quantitative estimate of drug-likeness (QED) is 0.696. The molecule has 0 fully saturated rings. The summed E-state index contributed by atoms with van der Waals surface area (Å²) in [6.45, 7) is 1.22. The first-order valence-electron chi connectivity index (χ1n) is 4.50. The standard InChI is InChI=1S/C9H15N3O3/c1-13-5-4-10-9-11-7(14-2)6-8(12-9)15-3/h6H,4-5H2,1-3H3,(H,10,11,12). The maximum Gasteiger partial charge on any atom is 0.229 e. The molecule has 0 radical (unpaired) electrons. The maximum atomic E-state index is 5.00. The summed E-state index contributed by atoms with van der Waals surface area (Å²) < 4.78 is 14.9. The summed E-state index contributed by atoms with van der Waals surface area (Å²) in [5.74, 6) is 1.38. The highest BCUT2D eigenvalue weighted by molar-refractivity contribution is 5.33. The Kier molecular flexibility index (Phi) is 4.62. The van der Waals surface area contributed by atoms with Gasteiger partial charge >= 0.3 is 0 Å². The van der Waals surface area contributed by atoms with E-state index in [1.165, 1.54) is 0 Å². The lowest BCUT2D eigenvalue weighted by atomic mass is 10.6. The number of methoxy groups -OCH3 is 3. The van der Waals surface area contributed by atoms with E-state index in [0.717, 1.165) is 0 Å². The summed E-state index contributed by atoms with van der Waals surface area (Å²) in [5, 5.41) is 2.99. The van der Waals surface area contributed by atoms with Gasteiger partial charge in [0, 0.05) is 13.7 Å². The van der Waals surface area contributed by atoms with Crippen molar-refractivity contribution in [3.63, 3.8) is 0 Å². The molecular formula is C9H15N3O3. The lowest BCUT2D eigenvalue weighted by Crippen LogP contribution is -2.10. The van der Waals surface area contributed by atoms with Gasteiger partial charge in [-0.15, -0.1) is 0 Å². The zero-order valence-corrected chi connectivity index (χ0v) is 9.11. The molecule has 0 atom stereocenters. The van der Waals surface area contributed by atoms with Crippen LogP contribution in [0.15, 0.2) is 6.07 Å². The van der Waals surface area contributed by atoms with Gasteiger partial charge in [-0.3, -0.25) is 0 Å². The Morgan fingerprint density at radius 2 is 1.73 bits per heavy atom. The molecule has 0 aliphatic carbocycles. The topological polar surface area (TPSA) is 65.5 Å². The van der Waals surface area contributed by atoms with Gasteiger partial charge in [0.25, 0.3) is 0 Å². The summed E-state index contributed by atoms with van der Waals surface area (Å²) in [7, 11) is 4.72. The van der Waals surface area contributed by atoms with Crippen molar-refractivity contribution in [3.8, 4) is 11.8 Å². The zero-order valence-electron chi connectivity index (χ0n) is 9.11. The van der Waals surface area contributed by atoms with Gasteiger partial charge in [-0.2, -0.15) is 9.97 Å². The van der Waals surface area contributed by atoms with Crippen molar-refractivity contribution in [2.24, 2.45) is 0 Å². The third kappa shape index (κ3) is 3.59. The highest BCUT2D eigenvalue weighted by Gasteiger charge is 2.03. The highest BCUT2D eigenvalue weighted by Crippen LogP contribution is 2.16. The van der Waals surface area contributed by atoms with Gasteiger partial charge in [0.1, 0.15) is 0 Å². The molecule has 0 aliphatic heterocycles. The summed E-state index contributed by atoms with van der Waals surface area (Å²) in [6, 6.07) is 1.61. The van der Waals surface area contributed by atoms with E-state index in [4.69, 9.17) is 14.2 Å². The molecule has 84 valence electrons. The van der Waals surface area contributed by atoms with Gasteiger partial charge in [0.2, 0.25) is 17.7 Å². The van der Waals surface area contributed by atoms with Crippen LogP contribution in [0.5, 0.6) is 11.8 Å². The van der Waals surface area contributed by atoms with Gasteiger partial charge in [0.05, 0.1) is 26.9 Å². The lowest BCUT2D eigenvalue weighted by molar-refractivity contribution is 0.210. The van der Waals surface area contributed by atoms with Gasteiger partial charge in [-0.1, -0.05) is 0 Å². The van der Waals surface area contributed by atoms with Gasteiger partial charge < -0.3 is 19.5 Å². The van der Waals surface area contributed by atoms with E-state index in [1.54, 1.807) is 27.4 Å². The van der Waals surface area contributed by atoms with E-state index in [0.29, 0.717) is 30.9 Å². The molecule has 0 unspecified atom stereocenters. The lowest BCUT2D eigenvalue weighted by Gasteiger charge is -2.07. The Hall–Kier alpha value is -1.56. The number of nitrogens with zero attached hydrogens (tertiary/aromatic N) is 2. The van der Waals surface area contributed by atoms with Gasteiger partial charge in [-0.25, -0.2) is 0 Å². The maximum absolute atomic E-state index is 5.00. The van der Waals surface area contributed by atoms with Crippen LogP contribution in [0.25, 0.3) is 0 Å². The van der Waals surface area contributed by atoms with Crippen molar-refractivity contribution in [1.29, 1.82) is 0 Å². The van der Waals surface area contributed by atoms with E-state index in [-0.39, 0.29) is 0 Å². The molecule has 0 saturated heterocycles. The molecule has 0 saturated carbocycles. The van der Waals surface area contributed by atoms with Crippen molar-refractivity contribution in [2.45, 2.75) is 0 Å². The largest absolute Gasteiger partial charge is 0.481 e. The summed E-state index contributed by atoms with van der Waals surface area (Å²) in [5.41, 5.74) is 0. The first kappa shape index (κ1) is 11.5. The van der Waals surface area contributed by atoms with Crippen molar-refractivity contribution in [3.05, 3.63) is 6.07 Å². The molecule has 0 spiro atoms. The molecule has 1 heterocycles. The molecule has 15 heavy (non-hydrogen) atoms. The third-order valence-electron chi connectivity index (χ3n) is 1.69. The average Bonchev–Trinajstić information content (AvgIpc) is 2.29. The molecule has 0 amide bonds. The van der Waals surface area contributed by atoms with Crippen LogP contribution in [0.1, 0.15) is 0 Å². The number of hydrogen-bond acceptors (Lipinski definition) is 6. The Morgan fingerprint density at radius 1 is 1.13 bits per heavy atom. The van der Waals surface area contributed by atoms with Crippen LogP contribution < -0.4 is 14.8 Å². The number of hydrogen-bond donors (Lipinski definition) is 1. The molecule has 6 nitrogen and oxygen atoms in total. The molecule has 1 N–H and O–H groups in total. The second kappa shape index (κ2) is 6.02. The summed E-state index contributed by atoms with van der Waals surface area (Å²) in [6.07, 6.45) is 0. The second-order valence-corrected chi connectivity index (χ2v) is 2.70. The first-order valence-corrected chi connectivity index (χ1v) is 4.50. The molecule has 0 aromatic carbocycles. The van der Waals surface area contributed by atoms with Crippen molar-refractivity contribution in [1.82, 2.24) is 9.97 Å². The van der Waals surface area contributed by atoms with Crippen molar-refractivity contribution >= 4 is 5.95 Å². The summed E-state index contributed by atoms with van der Waals surface area (Å²) in [4.78, 5) is 8.18. The zero-order chi connectivity index (χ0) is 11.1. The Bertz CT molecular complexity index is 284. The normalized spacial score (nSPS) is 9.80. The fourth-order valence-electron chi connectivity index (χ4n) is 0.957. The fourth-order valence-corrected chi connectivity index (χ4v) is 0.957. The van der Waals surface area contributed by atoms with Crippen LogP contribution in [0.2, 0.25) is 0 Å². The van der Waals surface area contributed by atoms with E-state index >= 15 is 0 Å². The van der Waals surface area contributed by atoms with E-state index in [2.05, 4.69) is 15.3 Å². The molecule has 6 heteroatoms. The van der Waals surface area contributed by atoms with E-state index in [1.807, 2.05) is 0 Å². The van der Waals surface area contributed by atoms with Gasteiger partial charge in [-0.05, 0) is 0 Å². The third-order valence-corrected chi connectivity index (χ3v) is 1.69. The second-order valence-electron chi connectivity index (χ2n) is 2.70. The van der Waals surface area contributed by atoms with Crippen molar-refractivity contribution in [2.75, 3.05) is 39.8 Å². The Labute approximate surface area is 88.6 Å². The van der Waals surface area contributed by atoms with Gasteiger partial charge in [0.15, 0.2) is 0 Å². The molecule has 1 aromatic heterocycles. The predicted molar refractivity (Wildman–Crippen MR) is 55.5 cm³/mol. The van der Waals surface area contributed by atoms with E-state index in [9.17, 15) is 0 Å². The van der Waals surface area contributed by atoms with Crippen LogP contribution in [0, 0.1) is 0 Å². The van der Waals surface area contributed by atoms with Crippen LogP contribution in [-0.4, -0.2) is 44.4 Å². The molecule has 0 bridgehead atoms. The molecular weight excluding hydrogens is 198 g/mol. The predicted octanol–water partition coefficient (Wildman–Crippen LogP) is 0.552. The summed E-state index contributed by atoms with van der Waals surface area (Å²) >= 11 is 0. The Morgan fingerprint density at radius 3 is 2.20 bits per heavy atom. The average molecular weight is 213 g/mol. The minimum Gasteiger partial charge on any atom is -0.481 e. The van der Waals surface area contributed by atoms with Crippen molar-refractivity contribution < 1.29 is 14.2 Å². The SMILES string of the molecule is COCCNc1nc(OC)cc(OC)n1. The number of aromatic nitrogens is 2. The van der Waals surface area contributed by atoms with Crippen LogP contribution in [0.3, 0.4) is 0 Å². The van der Waals surface area contributed by atoms with Crippen LogP contribution in [0.4, 0.5) is 5.95 Å². The molecule has 1 rings (SSSR count).